The van der Waals surface area contributed by atoms with Gasteiger partial charge in [0.25, 0.3) is 0 Å². The quantitative estimate of drug-likeness (QED) is 0.788. The molecule has 0 saturated heterocycles. The van der Waals surface area contributed by atoms with Gasteiger partial charge in [-0.25, -0.2) is 9.18 Å². The summed E-state index contributed by atoms with van der Waals surface area (Å²) in [6.45, 7) is 1.36. The van der Waals surface area contributed by atoms with Crippen molar-refractivity contribution in [3.63, 3.8) is 0 Å². The molecule has 0 bridgehead atoms. The second-order valence-electron chi connectivity index (χ2n) is 3.94. The average molecular weight is 300 g/mol. The minimum absolute atomic E-state index is 0.133. The minimum Gasteiger partial charge on any atom is -0.453 e. The van der Waals surface area contributed by atoms with E-state index in [1.165, 1.54) is 14.0 Å². The van der Waals surface area contributed by atoms with Gasteiger partial charge >= 0.3 is 6.09 Å². The number of nitrogens with one attached hydrogen (secondary N) is 2. The number of amides is 2. The Morgan fingerprint density at radius 2 is 2.00 bits per heavy atom. The van der Waals surface area contributed by atoms with E-state index in [1.54, 1.807) is 12.1 Å². The van der Waals surface area contributed by atoms with E-state index in [9.17, 15) is 14.0 Å². The molecule has 20 heavy (non-hydrogen) atoms. The molecule has 0 fully saturated rings. The van der Waals surface area contributed by atoms with Crippen molar-refractivity contribution in [1.82, 2.24) is 10.6 Å². The van der Waals surface area contributed by atoms with Gasteiger partial charge in [0, 0.05) is 4.90 Å². The number of halogens is 1. The molecule has 0 saturated carbocycles. The van der Waals surface area contributed by atoms with E-state index in [1.807, 2.05) is 18.2 Å². The Bertz CT molecular complexity index is 445. The summed E-state index contributed by atoms with van der Waals surface area (Å²) in [5.41, 5.74) is -1.26. The van der Waals surface area contributed by atoms with E-state index in [2.05, 4.69) is 15.4 Å². The van der Waals surface area contributed by atoms with Crippen molar-refractivity contribution in [3.8, 4) is 0 Å². The van der Waals surface area contributed by atoms with Crippen LogP contribution in [-0.4, -0.2) is 37.2 Å². The lowest BCUT2D eigenvalue weighted by atomic mass is 10.3. The molecule has 110 valence electrons. The first kappa shape index (κ1) is 16.3. The molecule has 0 heterocycles. The molecule has 1 aromatic carbocycles. The van der Waals surface area contributed by atoms with Gasteiger partial charge in [0.05, 0.1) is 13.7 Å². The minimum atomic E-state index is -1.26. The predicted octanol–water partition coefficient (Wildman–Crippen LogP) is 1.94. The zero-order valence-corrected chi connectivity index (χ0v) is 12.1. The van der Waals surface area contributed by atoms with Gasteiger partial charge in [0.15, 0.2) is 5.50 Å². The zero-order chi connectivity index (χ0) is 15.0. The lowest BCUT2D eigenvalue weighted by Crippen LogP contribution is -2.45. The molecule has 1 aromatic rings. The van der Waals surface area contributed by atoms with Gasteiger partial charge in [-0.05, 0) is 19.1 Å². The van der Waals surface area contributed by atoms with Gasteiger partial charge in [0.1, 0.15) is 6.04 Å². The van der Waals surface area contributed by atoms with Gasteiger partial charge in [-0.3, -0.25) is 4.79 Å². The normalized spacial score (nSPS) is 13.2. The molecule has 0 aromatic heterocycles. The maximum Gasteiger partial charge on any atom is 0.407 e. The van der Waals surface area contributed by atoms with Crippen LogP contribution in [0.4, 0.5) is 9.18 Å². The number of carbonyl (C=O) groups excluding carboxylic acids is 2. The van der Waals surface area contributed by atoms with Crippen LogP contribution in [0.25, 0.3) is 0 Å². The van der Waals surface area contributed by atoms with E-state index < -0.39 is 23.5 Å². The van der Waals surface area contributed by atoms with Crippen LogP contribution in [0.5, 0.6) is 0 Å². The molecule has 0 radical (unpaired) electrons. The number of alkyl carbamates (subject to hydrolysis) is 1. The molecule has 0 aliphatic rings. The topological polar surface area (TPSA) is 67.4 Å². The molecule has 2 amide bonds. The first-order valence-electron chi connectivity index (χ1n) is 6.01. The van der Waals surface area contributed by atoms with E-state index in [0.717, 1.165) is 16.7 Å². The molecule has 0 spiro atoms. The lowest BCUT2D eigenvalue weighted by Gasteiger charge is -2.14. The molecule has 0 aliphatic carbocycles. The molecule has 2 atom stereocenters. The van der Waals surface area contributed by atoms with E-state index in [4.69, 9.17) is 0 Å². The van der Waals surface area contributed by atoms with Crippen molar-refractivity contribution in [2.45, 2.75) is 23.4 Å². The summed E-state index contributed by atoms with van der Waals surface area (Å²) in [7, 11) is 1.20. The maximum atomic E-state index is 13.7. The predicted molar refractivity (Wildman–Crippen MR) is 75.2 cm³/mol. The molecule has 1 rings (SSSR count). The fourth-order valence-corrected chi connectivity index (χ4v) is 2.10. The number of methoxy groups -OCH3 is 1. The van der Waals surface area contributed by atoms with Crippen molar-refractivity contribution < 1.29 is 18.7 Å². The van der Waals surface area contributed by atoms with Crippen LogP contribution >= 0.6 is 11.8 Å². The van der Waals surface area contributed by atoms with Crippen LogP contribution in [0.1, 0.15) is 6.92 Å². The number of hydrogen-bond acceptors (Lipinski definition) is 4. The average Bonchev–Trinajstić information content (AvgIpc) is 2.45. The highest BCUT2D eigenvalue weighted by molar-refractivity contribution is 7.99. The lowest BCUT2D eigenvalue weighted by molar-refractivity contribution is -0.122. The Morgan fingerprint density at radius 1 is 1.35 bits per heavy atom. The van der Waals surface area contributed by atoms with Gasteiger partial charge in [0.2, 0.25) is 5.91 Å². The summed E-state index contributed by atoms with van der Waals surface area (Å²) in [5.74, 6) is -0.466. The summed E-state index contributed by atoms with van der Waals surface area (Å²) in [5, 5.41) is 4.73. The number of ether oxygens (including phenoxy) is 1. The van der Waals surface area contributed by atoms with E-state index in [0.29, 0.717) is 0 Å². The molecular weight excluding hydrogens is 283 g/mol. The summed E-state index contributed by atoms with van der Waals surface area (Å²) in [6.07, 6.45) is -0.705. The number of rotatable bonds is 6. The molecule has 5 nitrogen and oxygen atoms in total. The smallest absolute Gasteiger partial charge is 0.407 e. The van der Waals surface area contributed by atoms with Crippen LogP contribution in [0.3, 0.4) is 0 Å². The zero-order valence-electron chi connectivity index (χ0n) is 11.3. The van der Waals surface area contributed by atoms with Crippen LogP contribution in [-0.2, 0) is 9.53 Å². The van der Waals surface area contributed by atoms with Crippen molar-refractivity contribution in [1.29, 1.82) is 0 Å². The first-order valence-corrected chi connectivity index (χ1v) is 6.89. The highest BCUT2D eigenvalue weighted by Crippen LogP contribution is 2.23. The molecule has 1 unspecified atom stereocenters. The van der Waals surface area contributed by atoms with E-state index >= 15 is 0 Å². The Kier molecular flexibility index (Phi) is 6.86. The summed E-state index contributed by atoms with van der Waals surface area (Å²) in [4.78, 5) is 23.3. The second-order valence-corrected chi connectivity index (χ2v) is 5.16. The van der Waals surface area contributed by atoms with E-state index in [-0.39, 0.29) is 6.54 Å². The number of hydrogen-bond donors (Lipinski definition) is 2. The number of thioether (sulfide) groups is 1. The van der Waals surface area contributed by atoms with Gasteiger partial charge in [-0.15, -0.1) is 0 Å². The molecule has 2 N–H and O–H groups in total. The van der Waals surface area contributed by atoms with Crippen molar-refractivity contribution in [3.05, 3.63) is 30.3 Å². The Morgan fingerprint density at radius 3 is 2.60 bits per heavy atom. The highest BCUT2D eigenvalue weighted by atomic mass is 32.2. The fraction of sp³-hybridized carbons (Fsp3) is 0.385. The summed E-state index contributed by atoms with van der Waals surface area (Å²) in [6, 6.07) is 8.28. The Hall–Kier alpha value is -1.76. The highest BCUT2D eigenvalue weighted by Gasteiger charge is 2.17. The molecule has 7 heteroatoms. The fourth-order valence-electron chi connectivity index (χ4n) is 1.32. The monoisotopic (exact) mass is 300 g/mol. The van der Waals surface area contributed by atoms with Crippen molar-refractivity contribution in [2.75, 3.05) is 13.7 Å². The standard InChI is InChI=1S/C13H17FN2O3S/c1-9(16-13(18)19-2)12(17)15-8-11(14)20-10-6-4-3-5-7-10/h3-7,9,11H,8H2,1-2H3,(H,15,17)(H,16,18)/t9-,11?/m0/s1. The largest absolute Gasteiger partial charge is 0.453 e. The number of benzene rings is 1. The number of alkyl halides is 1. The van der Waals surface area contributed by atoms with Crippen LogP contribution in [0.2, 0.25) is 0 Å². The molecular formula is C13H17FN2O3S. The number of carbonyl (C=O) groups is 2. The van der Waals surface area contributed by atoms with Crippen LogP contribution in [0.15, 0.2) is 35.2 Å². The summed E-state index contributed by atoms with van der Waals surface area (Å²) >= 11 is 1.02. The third kappa shape index (κ3) is 5.92. The first-order chi connectivity index (χ1) is 9.52. The third-order valence-electron chi connectivity index (χ3n) is 2.36. The third-order valence-corrected chi connectivity index (χ3v) is 3.32. The van der Waals surface area contributed by atoms with Gasteiger partial charge in [-0.2, -0.15) is 0 Å². The summed E-state index contributed by atoms with van der Waals surface area (Å²) < 4.78 is 18.0. The SMILES string of the molecule is COC(=O)N[C@@H](C)C(=O)NCC(F)Sc1ccccc1. The van der Waals surface area contributed by atoms with Crippen molar-refractivity contribution in [2.24, 2.45) is 0 Å². The van der Waals surface area contributed by atoms with Crippen molar-refractivity contribution >= 4 is 23.8 Å². The van der Waals surface area contributed by atoms with Gasteiger partial charge < -0.3 is 15.4 Å². The van der Waals surface area contributed by atoms with Gasteiger partial charge in [-0.1, -0.05) is 30.0 Å². The van der Waals surface area contributed by atoms with Crippen LogP contribution in [0, 0.1) is 0 Å². The maximum absolute atomic E-state index is 13.7. The molecule has 0 aliphatic heterocycles. The Balaban J connectivity index is 2.31. The Labute approximate surface area is 121 Å². The second kappa shape index (κ2) is 8.42. The van der Waals surface area contributed by atoms with Crippen LogP contribution < -0.4 is 10.6 Å².